The van der Waals surface area contributed by atoms with Gasteiger partial charge in [-0.1, -0.05) is 8.19 Å². The Labute approximate surface area is 87.6 Å². The van der Waals surface area contributed by atoms with Gasteiger partial charge in [0.1, 0.15) is 17.4 Å². The number of hydrogen-bond acceptors (Lipinski definition) is 6. The van der Waals surface area contributed by atoms with Crippen molar-refractivity contribution >= 4 is 24.8 Å². The summed E-state index contributed by atoms with van der Waals surface area (Å²) in [6.45, 7) is 0.535. The van der Waals surface area contributed by atoms with Gasteiger partial charge in [-0.2, -0.15) is 0 Å². The van der Waals surface area contributed by atoms with E-state index in [4.69, 9.17) is 15.6 Å². The lowest BCUT2D eigenvalue weighted by molar-refractivity contribution is 0.0779. The smallest absolute Gasteiger partial charge is 0.157 e. The van der Waals surface area contributed by atoms with Crippen LogP contribution < -0.4 is 5.73 Å². The van der Waals surface area contributed by atoms with Gasteiger partial charge in [0.25, 0.3) is 0 Å². The average molecular weight is 226 g/mol. The monoisotopic (exact) mass is 226 g/mol. The van der Waals surface area contributed by atoms with Gasteiger partial charge in [0, 0.05) is 5.93 Å². The molecule has 2 aromatic heterocycles. The van der Waals surface area contributed by atoms with Crippen LogP contribution in [-0.4, -0.2) is 33.3 Å². The number of fused-ring (bicyclic) bond motifs is 1. The second-order valence-electron chi connectivity index (χ2n) is 2.90. The highest BCUT2D eigenvalue weighted by Gasteiger charge is 2.06. The van der Waals surface area contributed by atoms with E-state index < -0.39 is 0 Å². The molecule has 0 bridgehead atoms. The Kier molecular flexibility index (Phi) is 3.11. The van der Waals surface area contributed by atoms with Crippen LogP contribution >= 0.6 is 8.19 Å². The van der Waals surface area contributed by atoms with Crippen molar-refractivity contribution < 1.29 is 9.84 Å². The summed E-state index contributed by atoms with van der Waals surface area (Å²) in [5.74, 6) is 2.72. The predicted octanol–water partition coefficient (Wildman–Crippen LogP) is 0.147. The molecule has 0 amide bonds. The molecule has 80 valence electrons. The van der Waals surface area contributed by atoms with E-state index in [2.05, 4.69) is 15.0 Å². The minimum atomic E-state index is -0.00865. The third-order valence-electron chi connectivity index (χ3n) is 1.82. The van der Waals surface area contributed by atoms with E-state index in [1.165, 1.54) is 0 Å². The largest absolute Gasteiger partial charge is 0.394 e. The number of nitrogens with zero attached hydrogens (tertiary/aromatic N) is 3. The van der Waals surface area contributed by atoms with Crippen LogP contribution in [0.1, 0.15) is 5.82 Å². The molecule has 2 aromatic rings. The van der Waals surface area contributed by atoms with Gasteiger partial charge in [-0.05, 0) is 0 Å². The lowest BCUT2D eigenvalue weighted by atomic mass is 10.5. The van der Waals surface area contributed by atoms with Gasteiger partial charge in [0.15, 0.2) is 11.6 Å². The van der Waals surface area contributed by atoms with Crippen LogP contribution in [-0.2, 0) is 11.3 Å². The van der Waals surface area contributed by atoms with Gasteiger partial charge < -0.3 is 15.6 Å². The highest BCUT2D eigenvalue weighted by Crippen LogP contribution is 2.23. The highest BCUT2D eigenvalue weighted by atomic mass is 31.0. The highest BCUT2D eigenvalue weighted by molar-refractivity contribution is 7.35. The van der Waals surface area contributed by atoms with Crippen molar-refractivity contribution in [2.45, 2.75) is 6.61 Å². The first-order valence-electron chi connectivity index (χ1n) is 4.45. The molecule has 15 heavy (non-hydrogen) atoms. The molecule has 0 saturated carbocycles. The summed E-state index contributed by atoms with van der Waals surface area (Å²) in [6, 6.07) is 0. The van der Waals surface area contributed by atoms with E-state index in [1.807, 2.05) is 0 Å². The molecule has 0 aliphatic carbocycles. The summed E-state index contributed by atoms with van der Waals surface area (Å²) in [5.41, 5.74) is 6.39. The fraction of sp³-hybridized carbons (Fsp3) is 0.375. The van der Waals surface area contributed by atoms with E-state index in [1.54, 1.807) is 5.93 Å². The van der Waals surface area contributed by atoms with Gasteiger partial charge in [-0.3, -0.25) is 0 Å². The van der Waals surface area contributed by atoms with E-state index >= 15 is 0 Å². The van der Waals surface area contributed by atoms with E-state index in [9.17, 15) is 0 Å². The van der Waals surface area contributed by atoms with Crippen molar-refractivity contribution in [1.82, 2.24) is 15.0 Å². The Morgan fingerprint density at radius 1 is 1.47 bits per heavy atom. The maximum atomic E-state index is 8.54. The molecule has 1 unspecified atom stereocenters. The zero-order valence-corrected chi connectivity index (χ0v) is 8.97. The van der Waals surface area contributed by atoms with Crippen molar-refractivity contribution in [3.8, 4) is 0 Å². The first-order chi connectivity index (χ1) is 7.31. The van der Waals surface area contributed by atoms with Crippen LogP contribution in [0.5, 0.6) is 0 Å². The number of ether oxygens (including phenoxy) is 1. The Balaban J connectivity index is 2.21. The number of aliphatic hydroxyl groups is 1. The normalized spacial score (nSPS) is 11.5. The minimum Gasteiger partial charge on any atom is -0.394 e. The molecule has 0 aliphatic rings. The maximum Gasteiger partial charge on any atom is 0.157 e. The molecule has 0 radical (unpaired) electrons. The van der Waals surface area contributed by atoms with Crippen molar-refractivity contribution in [1.29, 1.82) is 0 Å². The number of aliphatic hydroxyl groups excluding tert-OH is 1. The fourth-order valence-electron chi connectivity index (χ4n) is 1.20. The summed E-state index contributed by atoms with van der Waals surface area (Å²) in [6.07, 6.45) is 0. The molecule has 1 atom stereocenters. The lowest BCUT2D eigenvalue weighted by Gasteiger charge is -2.02. The molecule has 0 fully saturated rings. The van der Waals surface area contributed by atoms with Gasteiger partial charge in [0.2, 0.25) is 0 Å². The quantitative estimate of drug-likeness (QED) is 0.720. The van der Waals surface area contributed by atoms with Crippen molar-refractivity contribution in [2.75, 3.05) is 18.9 Å². The number of nitrogen functional groups attached to an aromatic ring is 1. The zero-order chi connectivity index (χ0) is 10.7. The van der Waals surface area contributed by atoms with Gasteiger partial charge in [-0.15, -0.1) is 0 Å². The number of rotatable bonds is 4. The van der Waals surface area contributed by atoms with E-state index in [0.29, 0.717) is 25.4 Å². The zero-order valence-electron chi connectivity index (χ0n) is 7.97. The summed E-state index contributed by atoms with van der Waals surface area (Å²) in [7, 11) is 0.450. The topological polar surface area (TPSA) is 94.2 Å². The minimum absolute atomic E-state index is 0.00865. The summed E-state index contributed by atoms with van der Waals surface area (Å²) >= 11 is 0. The van der Waals surface area contributed by atoms with Crippen molar-refractivity contribution in [2.24, 2.45) is 0 Å². The van der Waals surface area contributed by atoms with Crippen LogP contribution in [0.3, 0.4) is 0 Å². The molecule has 0 aromatic carbocycles. The standard InChI is InChI=1S/C8H11N4O2P/c9-7-6-8(15-4-10-6)12-5(11-7)3-14-2-1-13/h4,13,15H,1-3H2,(H2,9,11,12). The number of hydrogen-bond donors (Lipinski definition) is 2. The number of aromatic nitrogens is 3. The van der Waals surface area contributed by atoms with Crippen LogP contribution in [0.4, 0.5) is 5.82 Å². The van der Waals surface area contributed by atoms with Crippen LogP contribution in [0.15, 0.2) is 5.93 Å². The third kappa shape index (κ3) is 2.23. The Morgan fingerprint density at radius 2 is 2.33 bits per heavy atom. The molecule has 3 N–H and O–H groups in total. The predicted molar refractivity (Wildman–Crippen MR) is 58.0 cm³/mol. The Hall–Kier alpha value is -1.23. The summed E-state index contributed by atoms with van der Waals surface area (Å²) in [5, 5.41) is 9.41. The molecule has 0 saturated heterocycles. The third-order valence-corrected chi connectivity index (χ3v) is 2.70. The first kappa shape index (κ1) is 10.3. The second-order valence-corrected chi connectivity index (χ2v) is 3.92. The van der Waals surface area contributed by atoms with Crippen LogP contribution in [0.2, 0.25) is 0 Å². The molecular weight excluding hydrogens is 215 g/mol. The molecule has 2 heterocycles. The number of anilines is 1. The molecule has 2 rings (SSSR count). The maximum absolute atomic E-state index is 8.54. The van der Waals surface area contributed by atoms with Gasteiger partial charge in [-0.25, -0.2) is 15.0 Å². The first-order valence-corrected chi connectivity index (χ1v) is 5.53. The molecule has 0 spiro atoms. The van der Waals surface area contributed by atoms with Crippen molar-refractivity contribution in [3.63, 3.8) is 0 Å². The van der Waals surface area contributed by atoms with Crippen molar-refractivity contribution in [3.05, 3.63) is 11.8 Å². The molecule has 6 nitrogen and oxygen atoms in total. The Bertz CT molecular complexity index is 459. The molecular formula is C8H11N4O2P. The fourth-order valence-corrected chi connectivity index (χ4v) is 2.04. The van der Waals surface area contributed by atoms with Crippen LogP contribution in [0.25, 0.3) is 10.8 Å². The average Bonchev–Trinajstić information content (AvgIpc) is 2.66. The summed E-state index contributed by atoms with van der Waals surface area (Å²) < 4.78 is 5.12. The number of nitrogens with two attached hydrogens (primary N) is 1. The lowest BCUT2D eigenvalue weighted by Crippen LogP contribution is -2.05. The molecule has 7 heteroatoms. The molecule has 0 aliphatic heterocycles. The van der Waals surface area contributed by atoms with E-state index in [-0.39, 0.29) is 19.8 Å². The SMILES string of the molecule is Nc1nc(COCCO)nc2[pH]cnc12. The summed E-state index contributed by atoms with van der Waals surface area (Å²) in [4.78, 5) is 12.4. The van der Waals surface area contributed by atoms with Crippen LogP contribution in [0, 0.1) is 0 Å². The Morgan fingerprint density at radius 3 is 3.13 bits per heavy atom. The van der Waals surface area contributed by atoms with Gasteiger partial charge in [0.05, 0.1) is 13.2 Å². The second kappa shape index (κ2) is 4.53. The van der Waals surface area contributed by atoms with E-state index in [0.717, 1.165) is 5.25 Å². The van der Waals surface area contributed by atoms with Gasteiger partial charge >= 0.3 is 0 Å².